The number of hydrogen-bond donors (Lipinski definition) is 1. The van der Waals surface area contributed by atoms with Crippen molar-refractivity contribution >= 4 is 14.6 Å². The van der Waals surface area contributed by atoms with Gasteiger partial charge in [0.05, 0.1) is 12.2 Å². The summed E-state index contributed by atoms with van der Waals surface area (Å²) in [7, 11) is -1.98. The van der Waals surface area contributed by atoms with Crippen LogP contribution in [0.1, 0.15) is 66.2 Å². The second-order valence-electron chi connectivity index (χ2n) is 9.99. The number of carbonyl (C=O) groups is 1. The van der Waals surface area contributed by atoms with E-state index in [1.807, 2.05) is 0 Å². The van der Waals surface area contributed by atoms with E-state index in [-0.39, 0.29) is 22.5 Å². The molecular weight excluding hydrogens is 340 g/mol. The maximum atomic E-state index is 11.8. The van der Waals surface area contributed by atoms with Gasteiger partial charge in [-0.2, -0.15) is 0 Å². The van der Waals surface area contributed by atoms with Gasteiger partial charge in [0.1, 0.15) is 6.29 Å². The van der Waals surface area contributed by atoms with E-state index >= 15 is 0 Å². The summed E-state index contributed by atoms with van der Waals surface area (Å²) < 4.78 is 6.82. The first-order valence-electron chi connectivity index (χ1n) is 10.2. The van der Waals surface area contributed by atoms with E-state index in [2.05, 4.69) is 59.0 Å². The van der Waals surface area contributed by atoms with Gasteiger partial charge >= 0.3 is 0 Å². The molecule has 0 aromatic carbocycles. The minimum atomic E-state index is -1.98. The van der Waals surface area contributed by atoms with Crippen LogP contribution in [0.5, 0.6) is 0 Å². The Hall–Kier alpha value is -0.713. The summed E-state index contributed by atoms with van der Waals surface area (Å²) in [5, 5.41) is 10.8. The number of rotatable bonds is 6. The first-order valence-corrected chi connectivity index (χ1v) is 13.1. The van der Waals surface area contributed by atoms with Crippen molar-refractivity contribution in [1.29, 1.82) is 0 Å². The van der Waals surface area contributed by atoms with Gasteiger partial charge in [-0.1, -0.05) is 45.9 Å². The highest BCUT2D eigenvalue weighted by atomic mass is 28.4. The van der Waals surface area contributed by atoms with Gasteiger partial charge in [-0.05, 0) is 68.1 Å². The molecule has 0 radical (unpaired) electrons. The first kappa shape index (κ1) is 21.6. The summed E-state index contributed by atoms with van der Waals surface area (Å²) in [6, 6.07) is 0. The van der Waals surface area contributed by atoms with Crippen LogP contribution in [0.15, 0.2) is 23.8 Å². The molecule has 0 amide bonds. The summed E-state index contributed by atoms with van der Waals surface area (Å²) in [5.41, 5.74) is 0.730. The molecule has 0 spiro atoms. The Kier molecular flexibility index (Phi) is 6.74. The summed E-state index contributed by atoms with van der Waals surface area (Å²) in [4.78, 5) is 11.8. The van der Waals surface area contributed by atoms with Gasteiger partial charge in [0.2, 0.25) is 0 Å². The average Bonchev–Trinajstić information content (AvgIpc) is 2.55. The van der Waals surface area contributed by atoms with Crippen LogP contribution in [0.25, 0.3) is 0 Å². The van der Waals surface area contributed by atoms with Crippen LogP contribution >= 0.6 is 0 Å². The largest absolute Gasteiger partial charge is 0.410 e. The normalized spacial score (nSPS) is 31.4. The Morgan fingerprint density at radius 2 is 2.08 bits per heavy atom. The van der Waals surface area contributed by atoms with Gasteiger partial charge < -0.3 is 14.3 Å². The molecule has 1 N–H and O–H groups in total. The van der Waals surface area contributed by atoms with Crippen molar-refractivity contribution in [2.24, 2.45) is 11.3 Å². The Labute approximate surface area is 161 Å². The minimum Gasteiger partial charge on any atom is -0.410 e. The standard InChI is InChI=1S/C22H38O3Si/c1-21(2,3)26(5,6)25-20(18-12-7-8-13-19(18)24)15-17-11-9-10-14-22(17,4)16-23/h9-10,12,16-17,19-20,24H,7-8,11,13-15H2,1-6H3/t17-,19?,20+,22-/m0/s1. The molecule has 0 bridgehead atoms. The maximum Gasteiger partial charge on any atom is 0.192 e. The predicted molar refractivity (Wildman–Crippen MR) is 111 cm³/mol. The van der Waals surface area contributed by atoms with Crippen molar-refractivity contribution in [3.8, 4) is 0 Å². The Balaban J connectivity index is 2.30. The molecule has 4 atom stereocenters. The Bertz CT molecular complexity index is 558. The molecule has 0 aromatic heterocycles. The number of carbonyl (C=O) groups excluding carboxylic acids is 1. The van der Waals surface area contributed by atoms with Crippen molar-refractivity contribution in [2.75, 3.05) is 0 Å². The van der Waals surface area contributed by atoms with Crippen LogP contribution in [0, 0.1) is 11.3 Å². The highest BCUT2D eigenvalue weighted by molar-refractivity contribution is 6.74. The van der Waals surface area contributed by atoms with E-state index in [0.717, 1.165) is 50.4 Å². The van der Waals surface area contributed by atoms with Gasteiger partial charge in [0.15, 0.2) is 8.32 Å². The van der Waals surface area contributed by atoms with Gasteiger partial charge in [-0.25, -0.2) is 0 Å². The van der Waals surface area contributed by atoms with Gasteiger partial charge in [0.25, 0.3) is 0 Å². The minimum absolute atomic E-state index is 0.0815. The van der Waals surface area contributed by atoms with E-state index in [1.165, 1.54) is 0 Å². The molecule has 1 unspecified atom stereocenters. The summed E-state index contributed by atoms with van der Waals surface area (Å²) in [5.74, 6) is 0.259. The first-order chi connectivity index (χ1) is 12.0. The molecule has 0 aliphatic heterocycles. The van der Waals surface area contributed by atoms with Crippen LogP contribution < -0.4 is 0 Å². The lowest BCUT2D eigenvalue weighted by atomic mass is 9.68. The van der Waals surface area contributed by atoms with Crippen LogP contribution in [-0.2, 0) is 9.22 Å². The zero-order valence-electron chi connectivity index (χ0n) is 17.5. The summed E-state index contributed by atoms with van der Waals surface area (Å²) in [6.45, 7) is 13.4. The number of aldehydes is 1. The summed E-state index contributed by atoms with van der Waals surface area (Å²) in [6.07, 6.45) is 12.6. The van der Waals surface area contributed by atoms with Crippen LogP contribution in [0.3, 0.4) is 0 Å². The summed E-state index contributed by atoms with van der Waals surface area (Å²) >= 11 is 0. The van der Waals surface area contributed by atoms with E-state index < -0.39 is 14.4 Å². The second kappa shape index (κ2) is 8.11. The average molecular weight is 379 g/mol. The molecule has 0 saturated heterocycles. The zero-order valence-corrected chi connectivity index (χ0v) is 18.5. The van der Waals surface area contributed by atoms with Crippen molar-refractivity contribution < 1.29 is 14.3 Å². The molecule has 0 aromatic rings. The number of allylic oxidation sites excluding steroid dienone is 3. The predicted octanol–water partition coefficient (Wildman–Crippen LogP) is 5.41. The number of aliphatic hydroxyl groups is 1. The van der Waals surface area contributed by atoms with Crippen LogP contribution in [0.4, 0.5) is 0 Å². The van der Waals surface area contributed by atoms with Crippen molar-refractivity contribution in [2.45, 2.75) is 96.6 Å². The Morgan fingerprint density at radius 3 is 2.65 bits per heavy atom. The van der Waals surface area contributed by atoms with Crippen LogP contribution in [-0.4, -0.2) is 31.9 Å². The number of hydrogen-bond acceptors (Lipinski definition) is 3. The van der Waals surface area contributed by atoms with Gasteiger partial charge in [-0.15, -0.1) is 0 Å². The fourth-order valence-corrected chi connectivity index (χ4v) is 5.11. The molecule has 2 aliphatic rings. The zero-order chi connectivity index (χ0) is 19.6. The van der Waals surface area contributed by atoms with Crippen molar-refractivity contribution in [3.05, 3.63) is 23.8 Å². The third-order valence-electron chi connectivity index (χ3n) is 6.91. The molecule has 4 heteroatoms. The lowest BCUT2D eigenvalue weighted by molar-refractivity contribution is -0.118. The molecular formula is C22H38O3Si. The molecule has 0 fully saturated rings. The van der Waals surface area contributed by atoms with E-state index in [4.69, 9.17) is 4.43 Å². The molecule has 26 heavy (non-hydrogen) atoms. The van der Waals surface area contributed by atoms with Gasteiger partial charge in [0, 0.05) is 5.41 Å². The monoisotopic (exact) mass is 378 g/mol. The molecule has 0 heterocycles. The molecule has 2 aliphatic carbocycles. The third-order valence-corrected chi connectivity index (χ3v) is 11.4. The van der Waals surface area contributed by atoms with E-state index in [9.17, 15) is 9.90 Å². The van der Waals surface area contributed by atoms with Gasteiger partial charge in [-0.3, -0.25) is 0 Å². The SMILES string of the molecule is CC(C)(C)[Si](C)(C)O[C@H](C[C@@H]1CC=CC[C@@]1(C)C=O)C1=CCCCC1O. The van der Waals surface area contributed by atoms with E-state index in [0.29, 0.717) is 0 Å². The highest BCUT2D eigenvalue weighted by Gasteiger charge is 2.43. The third kappa shape index (κ3) is 4.76. The van der Waals surface area contributed by atoms with Crippen LogP contribution in [0.2, 0.25) is 18.1 Å². The molecule has 0 saturated carbocycles. The van der Waals surface area contributed by atoms with Crippen molar-refractivity contribution in [3.63, 3.8) is 0 Å². The van der Waals surface area contributed by atoms with E-state index in [1.54, 1.807) is 0 Å². The highest BCUT2D eigenvalue weighted by Crippen LogP contribution is 2.44. The maximum absolute atomic E-state index is 11.8. The quantitative estimate of drug-likeness (QED) is 0.382. The Morgan fingerprint density at radius 1 is 1.38 bits per heavy atom. The smallest absolute Gasteiger partial charge is 0.192 e. The molecule has 2 rings (SSSR count). The lowest BCUT2D eigenvalue weighted by Gasteiger charge is -2.44. The topological polar surface area (TPSA) is 46.5 Å². The molecule has 3 nitrogen and oxygen atoms in total. The fourth-order valence-electron chi connectivity index (χ4n) is 3.82. The fraction of sp³-hybridized carbons (Fsp3) is 0.773. The molecule has 148 valence electrons. The number of aliphatic hydroxyl groups excluding tert-OH is 1. The second-order valence-corrected chi connectivity index (χ2v) is 14.7. The lowest BCUT2D eigenvalue weighted by Crippen LogP contribution is -2.47. The van der Waals surface area contributed by atoms with Crippen molar-refractivity contribution in [1.82, 2.24) is 0 Å².